The van der Waals surface area contributed by atoms with E-state index in [9.17, 15) is 4.79 Å². The average molecular weight is 461 g/mol. The third kappa shape index (κ3) is 5.43. The summed E-state index contributed by atoms with van der Waals surface area (Å²) in [5.41, 5.74) is 7.44. The molecular formula is C25H28N6O3. The van der Waals surface area contributed by atoms with E-state index >= 15 is 0 Å². The molecule has 1 aliphatic carbocycles. The molecule has 1 saturated carbocycles. The first-order chi connectivity index (χ1) is 16.6. The van der Waals surface area contributed by atoms with Gasteiger partial charge in [0, 0.05) is 29.4 Å². The van der Waals surface area contributed by atoms with Crippen molar-refractivity contribution < 1.29 is 14.3 Å². The summed E-state index contributed by atoms with van der Waals surface area (Å²) in [7, 11) is 0. The van der Waals surface area contributed by atoms with Crippen LogP contribution in [-0.4, -0.2) is 41.3 Å². The lowest BCUT2D eigenvalue weighted by molar-refractivity contribution is -0.124. The van der Waals surface area contributed by atoms with Crippen molar-refractivity contribution >= 4 is 28.8 Å². The first-order valence-electron chi connectivity index (χ1n) is 11.3. The molecule has 3 aromatic rings. The fourth-order valence-electron chi connectivity index (χ4n) is 3.55. The van der Waals surface area contributed by atoms with Gasteiger partial charge >= 0.3 is 0 Å². The van der Waals surface area contributed by atoms with E-state index in [4.69, 9.17) is 30.6 Å². The largest absolute Gasteiger partial charge is 0.494 e. The van der Waals surface area contributed by atoms with Crippen molar-refractivity contribution in [2.75, 3.05) is 18.5 Å². The number of rotatable bonds is 10. The average Bonchev–Trinajstić information content (AvgIpc) is 2.83. The second kappa shape index (κ2) is 10.7. The maximum absolute atomic E-state index is 12.1. The molecule has 0 radical (unpaired) electrons. The van der Waals surface area contributed by atoms with E-state index in [1.165, 1.54) is 6.20 Å². The number of hydrogen-bond donors (Lipinski definition) is 4. The topological polar surface area (TPSA) is 135 Å². The van der Waals surface area contributed by atoms with E-state index in [0.29, 0.717) is 41.0 Å². The Balaban J connectivity index is 1.62. The highest BCUT2D eigenvalue weighted by Gasteiger charge is 2.19. The number of nitrogens with two attached hydrogens (primary N) is 1. The van der Waals surface area contributed by atoms with Crippen LogP contribution in [0.2, 0.25) is 0 Å². The summed E-state index contributed by atoms with van der Waals surface area (Å²) in [6.07, 6.45) is 5.63. The summed E-state index contributed by atoms with van der Waals surface area (Å²) < 4.78 is 11.3. The maximum Gasteiger partial charge on any atom is 0.258 e. The maximum atomic E-state index is 12.1. The van der Waals surface area contributed by atoms with Gasteiger partial charge in [-0.05, 0) is 56.5 Å². The summed E-state index contributed by atoms with van der Waals surface area (Å²) in [4.78, 5) is 21.5. The van der Waals surface area contributed by atoms with Crippen LogP contribution < -0.4 is 25.8 Å². The minimum atomic E-state index is -0.124. The Kier molecular flexibility index (Phi) is 7.22. The fourth-order valence-corrected chi connectivity index (χ4v) is 3.55. The second-order valence-electron chi connectivity index (χ2n) is 7.91. The Labute approximate surface area is 197 Å². The Morgan fingerprint density at radius 2 is 2.00 bits per heavy atom. The zero-order chi connectivity index (χ0) is 23.9. The summed E-state index contributed by atoms with van der Waals surface area (Å²) in [5.74, 6) is 2.07. The summed E-state index contributed by atoms with van der Waals surface area (Å²) in [6.45, 7) is 2.40. The SMILES string of the molecule is CCOc1ccc2nc(-c3cccc(OCC(=O)NC4CCC4)c3)nc(N/C(C=N)=C/N)c2c1. The Bertz CT molecular complexity index is 1220. The third-order valence-electron chi connectivity index (χ3n) is 5.51. The number of anilines is 1. The number of hydrogen-bond acceptors (Lipinski definition) is 8. The number of nitrogens with one attached hydrogen (secondary N) is 3. The van der Waals surface area contributed by atoms with Crippen LogP contribution in [-0.2, 0) is 4.79 Å². The van der Waals surface area contributed by atoms with Crippen LogP contribution in [0, 0.1) is 5.41 Å². The lowest BCUT2D eigenvalue weighted by Gasteiger charge is -2.26. The van der Waals surface area contributed by atoms with Gasteiger partial charge in [0.15, 0.2) is 12.4 Å². The number of aromatic nitrogens is 2. The van der Waals surface area contributed by atoms with E-state index in [1.54, 1.807) is 12.1 Å². The van der Waals surface area contributed by atoms with Gasteiger partial charge in [0.1, 0.15) is 17.3 Å². The summed E-state index contributed by atoms with van der Waals surface area (Å²) >= 11 is 0. The lowest BCUT2D eigenvalue weighted by Crippen LogP contribution is -2.41. The van der Waals surface area contributed by atoms with E-state index in [0.717, 1.165) is 36.4 Å². The highest BCUT2D eigenvalue weighted by atomic mass is 16.5. The van der Waals surface area contributed by atoms with Crippen LogP contribution in [0.5, 0.6) is 11.5 Å². The molecule has 1 amide bonds. The molecule has 1 heterocycles. The van der Waals surface area contributed by atoms with Crippen LogP contribution in [0.1, 0.15) is 26.2 Å². The van der Waals surface area contributed by atoms with Crippen molar-refractivity contribution in [1.82, 2.24) is 15.3 Å². The molecule has 1 aliphatic rings. The molecule has 2 aromatic carbocycles. The van der Waals surface area contributed by atoms with E-state index in [1.807, 2.05) is 37.3 Å². The van der Waals surface area contributed by atoms with Crippen LogP contribution >= 0.6 is 0 Å². The van der Waals surface area contributed by atoms with Crippen molar-refractivity contribution in [3.8, 4) is 22.9 Å². The van der Waals surface area contributed by atoms with Crippen molar-refractivity contribution in [1.29, 1.82) is 5.41 Å². The van der Waals surface area contributed by atoms with Crippen LogP contribution in [0.4, 0.5) is 5.82 Å². The van der Waals surface area contributed by atoms with Gasteiger partial charge in [0.25, 0.3) is 5.91 Å². The van der Waals surface area contributed by atoms with E-state index < -0.39 is 0 Å². The molecule has 1 fully saturated rings. The van der Waals surface area contributed by atoms with Gasteiger partial charge in [-0.1, -0.05) is 12.1 Å². The molecule has 34 heavy (non-hydrogen) atoms. The smallest absolute Gasteiger partial charge is 0.258 e. The number of allylic oxidation sites excluding steroid dienone is 1. The van der Waals surface area contributed by atoms with Gasteiger partial charge in [-0.3, -0.25) is 4.79 Å². The van der Waals surface area contributed by atoms with Crippen LogP contribution in [0.15, 0.2) is 54.4 Å². The molecular weight excluding hydrogens is 432 g/mol. The first-order valence-corrected chi connectivity index (χ1v) is 11.3. The fraction of sp³-hybridized carbons (Fsp3) is 0.280. The third-order valence-corrected chi connectivity index (χ3v) is 5.51. The molecule has 5 N–H and O–H groups in total. The van der Waals surface area contributed by atoms with Gasteiger partial charge < -0.3 is 31.3 Å². The molecule has 0 unspecified atom stereocenters. The normalized spacial score (nSPS) is 13.7. The molecule has 176 valence electrons. The van der Waals surface area contributed by atoms with Gasteiger partial charge in [0.05, 0.1) is 17.8 Å². The molecule has 0 atom stereocenters. The monoisotopic (exact) mass is 460 g/mol. The van der Waals surface area contributed by atoms with E-state index in [2.05, 4.69) is 10.6 Å². The highest BCUT2D eigenvalue weighted by Crippen LogP contribution is 2.30. The van der Waals surface area contributed by atoms with Gasteiger partial charge in [-0.25, -0.2) is 9.97 Å². The number of benzene rings is 2. The van der Waals surface area contributed by atoms with Crippen molar-refractivity contribution in [2.24, 2.45) is 5.73 Å². The van der Waals surface area contributed by atoms with E-state index in [-0.39, 0.29) is 18.6 Å². The minimum absolute atomic E-state index is 0.0461. The van der Waals surface area contributed by atoms with Crippen molar-refractivity contribution in [3.05, 3.63) is 54.4 Å². The van der Waals surface area contributed by atoms with Crippen LogP contribution in [0.3, 0.4) is 0 Å². The predicted molar refractivity (Wildman–Crippen MR) is 132 cm³/mol. The molecule has 4 rings (SSSR count). The number of carbonyl (C=O) groups excluding carboxylic acids is 1. The molecule has 0 saturated heterocycles. The second-order valence-corrected chi connectivity index (χ2v) is 7.91. The summed E-state index contributed by atoms with van der Waals surface area (Å²) in [5, 5.41) is 14.3. The number of fused-ring (bicyclic) bond motifs is 1. The predicted octanol–water partition coefficient (Wildman–Crippen LogP) is 3.60. The first kappa shape index (κ1) is 23.0. The van der Waals surface area contributed by atoms with Crippen molar-refractivity contribution in [3.63, 3.8) is 0 Å². The highest BCUT2D eigenvalue weighted by molar-refractivity contribution is 5.94. The summed E-state index contributed by atoms with van der Waals surface area (Å²) in [6, 6.07) is 13.1. The number of carbonyl (C=O) groups is 1. The molecule has 9 nitrogen and oxygen atoms in total. The molecule has 0 bridgehead atoms. The molecule has 9 heteroatoms. The lowest BCUT2D eigenvalue weighted by atomic mass is 9.93. The Hall–Kier alpha value is -4.14. The zero-order valence-corrected chi connectivity index (χ0v) is 19.0. The van der Waals surface area contributed by atoms with Crippen LogP contribution in [0.25, 0.3) is 22.3 Å². The van der Waals surface area contributed by atoms with Gasteiger partial charge in [-0.15, -0.1) is 0 Å². The standard InChI is InChI=1S/C25H28N6O3/c1-2-33-20-9-10-22-21(12-20)25(29-18(13-26)14-27)31-24(30-22)16-5-3-8-19(11-16)34-15-23(32)28-17-6-4-7-17/h3,5,8-14,17,26H,2,4,6-7,15,27H2,1H3,(H,28,32)(H,29,30,31)/b18-14+,26-13?. The number of ether oxygens (including phenoxy) is 2. The van der Waals surface area contributed by atoms with Gasteiger partial charge in [0.2, 0.25) is 0 Å². The quantitative estimate of drug-likeness (QED) is 0.339. The Morgan fingerprint density at radius 3 is 2.71 bits per heavy atom. The molecule has 1 aromatic heterocycles. The minimum Gasteiger partial charge on any atom is -0.494 e. The molecule has 0 aliphatic heterocycles. The molecule has 0 spiro atoms. The van der Waals surface area contributed by atoms with Gasteiger partial charge in [-0.2, -0.15) is 0 Å². The number of nitrogens with zero attached hydrogens (tertiary/aromatic N) is 2. The Morgan fingerprint density at radius 1 is 1.18 bits per heavy atom. The van der Waals surface area contributed by atoms with Crippen molar-refractivity contribution in [2.45, 2.75) is 32.2 Å². The zero-order valence-electron chi connectivity index (χ0n) is 19.0. The number of amides is 1.